The maximum Gasteiger partial charge on any atom is 0.423 e. The first-order valence-corrected chi connectivity index (χ1v) is 21.5. The minimum Gasteiger partial charge on any atom is -0.415 e. The topological polar surface area (TPSA) is 134 Å². The van der Waals surface area contributed by atoms with Gasteiger partial charge in [0.1, 0.15) is 9.79 Å². The van der Waals surface area contributed by atoms with Crippen LogP contribution in [0.1, 0.15) is 65.2 Å². The van der Waals surface area contributed by atoms with E-state index in [9.17, 15) is 26.4 Å². The summed E-state index contributed by atoms with van der Waals surface area (Å²) in [6, 6.07) is 4.47. The Bertz CT molecular complexity index is 1600. The smallest absolute Gasteiger partial charge is 0.415 e. The number of ether oxygens (including phenoxy) is 2. The molecule has 0 aliphatic rings. The fourth-order valence-electron chi connectivity index (χ4n) is 4.96. The van der Waals surface area contributed by atoms with E-state index in [2.05, 4.69) is 0 Å². The van der Waals surface area contributed by atoms with Crippen LogP contribution in [0.4, 0.5) is 0 Å². The molecule has 0 amide bonds. The summed E-state index contributed by atoms with van der Waals surface area (Å²) >= 11 is 25.2. The molecule has 2 rings (SSSR count). The molecule has 0 aliphatic carbocycles. The molecular weight excluding hydrogens is 798 g/mol. The standard InChI is InChI=1S/C34H50Cl4N4O8S2/c1-7-9-11-13-15-41(19-17-39(3)4)51(45,46)29-23-25(35)21-27(37)31(29)49-33(43)34(44)50-32-28(38)22-26(36)24-30(32)52(47,48)42(20-18-40(5)6)16-14-12-10-8-2/h21-24H,7-20H2,1-6H3. The molecule has 0 bridgehead atoms. The van der Waals surface area contributed by atoms with Crippen molar-refractivity contribution in [2.24, 2.45) is 0 Å². The number of carbonyl (C=O) groups is 2. The zero-order valence-corrected chi connectivity index (χ0v) is 35.2. The van der Waals surface area contributed by atoms with Gasteiger partial charge in [-0.15, -0.1) is 0 Å². The minimum atomic E-state index is -4.38. The van der Waals surface area contributed by atoms with Crippen LogP contribution >= 0.6 is 46.4 Å². The monoisotopic (exact) mass is 846 g/mol. The average molecular weight is 849 g/mol. The van der Waals surface area contributed by atoms with Crippen LogP contribution in [0.2, 0.25) is 20.1 Å². The van der Waals surface area contributed by atoms with Gasteiger partial charge in [0, 0.05) is 49.3 Å². The van der Waals surface area contributed by atoms with Gasteiger partial charge in [-0.2, -0.15) is 8.61 Å². The Morgan fingerprint density at radius 2 is 0.885 bits per heavy atom. The second-order valence-corrected chi connectivity index (χ2v) is 18.2. The van der Waals surface area contributed by atoms with Gasteiger partial charge in [-0.1, -0.05) is 98.8 Å². The third-order valence-corrected chi connectivity index (χ3v) is 12.7. The number of unbranched alkanes of at least 4 members (excludes halogenated alkanes) is 6. The molecule has 52 heavy (non-hydrogen) atoms. The van der Waals surface area contributed by atoms with Crippen LogP contribution in [0, 0.1) is 0 Å². The van der Waals surface area contributed by atoms with Crippen molar-refractivity contribution in [1.82, 2.24) is 18.4 Å². The Morgan fingerprint density at radius 1 is 0.538 bits per heavy atom. The lowest BCUT2D eigenvalue weighted by Crippen LogP contribution is -2.38. The second kappa shape index (κ2) is 22.0. The van der Waals surface area contributed by atoms with Crippen molar-refractivity contribution in [3.63, 3.8) is 0 Å². The summed E-state index contributed by atoms with van der Waals surface area (Å²) in [7, 11) is -1.55. The maximum absolute atomic E-state index is 14.1. The number of hydrogen-bond acceptors (Lipinski definition) is 10. The minimum absolute atomic E-state index is 0.0548. The predicted octanol–water partition coefficient (Wildman–Crippen LogP) is 7.08. The summed E-state index contributed by atoms with van der Waals surface area (Å²) in [5.74, 6) is -4.68. The van der Waals surface area contributed by atoms with Crippen LogP contribution in [0.25, 0.3) is 0 Å². The molecule has 0 saturated carbocycles. The third kappa shape index (κ3) is 13.8. The molecule has 0 N–H and O–H groups in total. The number of rotatable bonds is 22. The van der Waals surface area contributed by atoms with Crippen molar-refractivity contribution in [3.05, 3.63) is 44.4 Å². The van der Waals surface area contributed by atoms with Crippen LogP contribution in [-0.4, -0.2) is 115 Å². The average Bonchev–Trinajstić information content (AvgIpc) is 3.05. The van der Waals surface area contributed by atoms with Crippen LogP contribution in [0.15, 0.2) is 34.1 Å². The molecule has 0 atom stereocenters. The number of nitrogens with zero attached hydrogens (tertiary/aromatic N) is 4. The van der Waals surface area contributed by atoms with Gasteiger partial charge in [-0.25, -0.2) is 26.4 Å². The Labute approximate surface area is 329 Å². The van der Waals surface area contributed by atoms with Gasteiger partial charge in [0.15, 0.2) is 11.5 Å². The summed E-state index contributed by atoms with van der Waals surface area (Å²) in [5, 5.41) is -0.835. The number of hydrogen-bond donors (Lipinski definition) is 0. The molecule has 2 aromatic rings. The highest BCUT2D eigenvalue weighted by Gasteiger charge is 2.35. The Kier molecular flexibility index (Phi) is 19.6. The molecule has 0 unspecified atom stereocenters. The van der Waals surface area contributed by atoms with E-state index in [1.807, 2.05) is 23.6 Å². The number of carbonyl (C=O) groups excluding carboxylic acids is 2. The van der Waals surface area contributed by atoms with E-state index in [0.717, 1.165) is 62.8 Å². The molecule has 12 nitrogen and oxygen atoms in total. The Morgan fingerprint density at radius 3 is 1.19 bits per heavy atom. The first kappa shape index (κ1) is 46.4. The first-order valence-electron chi connectivity index (χ1n) is 17.1. The predicted molar refractivity (Wildman–Crippen MR) is 207 cm³/mol. The highest BCUT2D eigenvalue weighted by atomic mass is 35.5. The van der Waals surface area contributed by atoms with Gasteiger partial charge in [0.25, 0.3) is 0 Å². The molecule has 0 heterocycles. The fraction of sp³-hybridized carbons (Fsp3) is 0.588. The second-order valence-electron chi connectivity index (χ2n) is 12.7. The van der Waals surface area contributed by atoms with Gasteiger partial charge in [-0.05, 0) is 65.3 Å². The summed E-state index contributed by atoms with van der Waals surface area (Å²) < 4.78 is 69.3. The molecule has 2 aromatic carbocycles. The van der Waals surface area contributed by atoms with E-state index in [1.165, 1.54) is 8.61 Å². The molecule has 0 aliphatic heterocycles. The van der Waals surface area contributed by atoms with Crippen LogP contribution in [-0.2, 0) is 29.6 Å². The molecule has 0 saturated heterocycles. The van der Waals surface area contributed by atoms with Crippen LogP contribution in [0.5, 0.6) is 11.5 Å². The van der Waals surface area contributed by atoms with Crippen molar-refractivity contribution in [3.8, 4) is 11.5 Å². The number of esters is 2. The largest absolute Gasteiger partial charge is 0.423 e. The highest BCUT2D eigenvalue weighted by Crippen LogP contribution is 2.39. The summed E-state index contributed by atoms with van der Waals surface area (Å²) in [6.45, 7) is 5.42. The van der Waals surface area contributed by atoms with Crippen molar-refractivity contribution >= 4 is 78.4 Å². The Hall–Kier alpha value is -1.72. The quantitative estimate of drug-likeness (QED) is 0.0524. The highest BCUT2D eigenvalue weighted by molar-refractivity contribution is 7.89. The fourth-order valence-corrected chi connectivity index (χ4v) is 9.53. The SMILES string of the molecule is CCCCCCN(CCN(C)C)S(=O)(=O)c1cc(Cl)cc(Cl)c1OC(=O)C(=O)Oc1c(Cl)cc(Cl)cc1S(=O)(=O)N(CCCCCC)CCN(C)C. The van der Waals surface area contributed by atoms with Gasteiger partial charge in [-0.3, -0.25) is 0 Å². The van der Waals surface area contributed by atoms with Gasteiger partial charge in [0.05, 0.1) is 10.0 Å². The molecule has 0 spiro atoms. The van der Waals surface area contributed by atoms with E-state index in [-0.39, 0.29) is 46.3 Å². The first-order chi connectivity index (χ1) is 24.4. The lowest BCUT2D eigenvalue weighted by atomic mass is 10.2. The van der Waals surface area contributed by atoms with E-state index in [0.29, 0.717) is 25.9 Å². The van der Waals surface area contributed by atoms with Gasteiger partial charge >= 0.3 is 11.9 Å². The Balaban J connectivity index is 2.51. The van der Waals surface area contributed by atoms with Crippen molar-refractivity contribution < 1.29 is 35.9 Å². The zero-order valence-electron chi connectivity index (χ0n) is 30.6. The summed E-state index contributed by atoms with van der Waals surface area (Å²) in [4.78, 5) is 29.1. The molecule has 0 aromatic heterocycles. The van der Waals surface area contributed by atoms with E-state index in [4.69, 9.17) is 55.9 Å². The van der Waals surface area contributed by atoms with E-state index < -0.39 is 53.3 Å². The van der Waals surface area contributed by atoms with Crippen LogP contribution in [0.3, 0.4) is 0 Å². The van der Waals surface area contributed by atoms with Crippen molar-refractivity contribution in [2.45, 2.75) is 75.0 Å². The lowest BCUT2D eigenvalue weighted by Gasteiger charge is -2.25. The zero-order chi connectivity index (χ0) is 39.2. The molecular formula is C34H50Cl4N4O8S2. The molecule has 294 valence electrons. The van der Waals surface area contributed by atoms with Gasteiger partial charge in [0.2, 0.25) is 20.0 Å². The van der Waals surface area contributed by atoms with Gasteiger partial charge < -0.3 is 19.3 Å². The number of sulfonamides is 2. The van der Waals surface area contributed by atoms with Crippen molar-refractivity contribution in [2.75, 3.05) is 67.5 Å². The third-order valence-electron chi connectivity index (χ3n) is 7.86. The van der Waals surface area contributed by atoms with E-state index in [1.54, 1.807) is 28.2 Å². The molecule has 18 heteroatoms. The molecule has 0 radical (unpaired) electrons. The summed E-state index contributed by atoms with van der Waals surface area (Å²) in [5.41, 5.74) is 0. The van der Waals surface area contributed by atoms with Crippen molar-refractivity contribution in [1.29, 1.82) is 0 Å². The maximum atomic E-state index is 14.1. The van der Waals surface area contributed by atoms with E-state index >= 15 is 0 Å². The number of halogens is 4. The lowest BCUT2D eigenvalue weighted by molar-refractivity contribution is -0.156. The summed E-state index contributed by atoms with van der Waals surface area (Å²) in [6.07, 6.45) is 6.49. The molecule has 0 fully saturated rings. The number of benzene rings is 2. The normalized spacial score (nSPS) is 12.3. The number of likely N-dealkylation sites (N-methyl/N-ethyl adjacent to an activating group) is 2. The van der Waals surface area contributed by atoms with Crippen LogP contribution < -0.4 is 9.47 Å².